The Morgan fingerprint density at radius 2 is 2.23 bits per heavy atom. The van der Waals surface area contributed by atoms with Crippen LogP contribution in [0.5, 0.6) is 0 Å². The van der Waals surface area contributed by atoms with Crippen molar-refractivity contribution in [1.82, 2.24) is 9.97 Å². The van der Waals surface area contributed by atoms with E-state index >= 15 is 0 Å². The third-order valence-corrected chi connectivity index (χ3v) is 2.76. The second-order valence-corrected chi connectivity index (χ2v) is 4.63. The Hall–Kier alpha value is -2.94. The van der Waals surface area contributed by atoms with E-state index in [0.717, 1.165) is 0 Å². The molecule has 0 saturated heterocycles. The van der Waals surface area contributed by atoms with Crippen LogP contribution in [0.4, 0.5) is 11.6 Å². The van der Waals surface area contributed by atoms with Gasteiger partial charge in [-0.05, 0) is 25.2 Å². The Kier molecular flexibility index (Phi) is 4.69. The van der Waals surface area contributed by atoms with Crippen molar-refractivity contribution >= 4 is 35.2 Å². The minimum absolute atomic E-state index is 0.0203. The van der Waals surface area contributed by atoms with Crippen LogP contribution >= 0.6 is 12.2 Å². The number of nitrogens with one attached hydrogen (secondary N) is 2. The highest BCUT2D eigenvalue weighted by molar-refractivity contribution is 7.80. The molecular weight excluding hydrogens is 306 g/mol. The van der Waals surface area contributed by atoms with Crippen molar-refractivity contribution in [2.45, 2.75) is 6.92 Å². The maximum atomic E-state index is 11.3. The molecule has 0 atom stereocenters. The number of aromatic amines is 1. The van der Waals surface area contributed by atoms with Gasteiger partial charge >= 0.3 is 0 Å². The molecule has 0 spiro atoms. The van der Waals surface area contributed by atoms with E-state index in [2.05, 4.69) is 20.3 Å². The number of rotatable bonds is 3. The molecule has 8 nitrogen and oxygen atoms in total. The van der Waals surface area contributed by atoms with Gasteiger partial charge < -0.3 is 5.32 Å². The lowest BCUT2D eigenvalue weighted by Crippen LogP contribution is -2.15. The molecule has 22 heavy (non-hydrogen) atoms. The SMILES string of the molecule is Cc1cc(=O)[nH]c(NC(=S)/N=C\c2ccccc2[N+](=O)[O-])n1. The third-order valence-electron chi connectivity index (χ3n) is 2.55. The molecule has 0 amide bonds. The Morgan fingerprint density at radius 1 is 1.50 bits per heavy atom. The van der Waals surface area contributed by atoms with Gasteiger partial charge in [0.25, 0.3) is 11.2 Å². The third kappa shape index (κ3) is 4.03. The quantitative estimate of drug-likeness (QED) is 0.386. The van der Waals surface area contributed by atoms with Gasteiger partial charge in [0.15, 0.2) is 5.11 Å². The molecule has 2 N–H and O–H groups in total. The van der Waals surface area contributed by atoms with Crippen LogP contribution in [0.15, 0.2) is 40.1 Å². The summed E-state index contributed by atoms with van der Waals surface area (Å²) in [4.78, 5) is 32.1. The van der Waals surface area contributed by atoms with Gasteiger partial charge in [0, 0.05) is 24.0 Å². The standard InChI is InChI=1S/C13H11N5O3S/c1-8-6-11(19)16-12(15-8)17-13(22)14-7-9-4-2-3-5-10(9)18(20)21/h2-7H,1H3,(H2,15,16,17,19,22)/b14-7-. The summed E-state index contributed by atoms with van der Waals surface area (Å²) in [5, 5.41) is 13.5. The first-order valence-electron chi connectivity index (χ1n) is 6.12. The molecule has 0 aliphatic carbocycles. The Balaban J connectivity index is 2.15. The van der Waals surface area contributed by atoms with Gasteiger partial charge in [0.05, 0.1) is 10.5 Å². The number of aliphatic imine (C=N–C) groups is 1. The molecule has 1 aromatic carbocycles. The fraction of sp³-hybridized carbons (Fsp3) is 0.0769. The smallest absolute Gasteiger partial charge is 0.278 e. The van der Waals surface area contributed by atoms with E-state index in [9.17, 15) is 14.9 Å². The zero-order valence-corrected chi connectivity index (χ0v) is 12.3. The van der Waals surface area contributed by atoms with Crippen molar-refractivity contribution in [2.24, 2.45) is 4.99 Å². The topological polar surface area (TPSA) is 113 Å². The first kappa shape index (κ1) is 15.4. The average Bonchev–Trinajstić information content (AvgIpc) is 2.44. The molecule has 112 valence electrons. The Morgan fingerprint density at radius 3 is 2.91 bits per heavy atom. The number of aromatic nitrogens is 2. The minimum atomic E-state index is -0.503. The molecule has 0 saturated carbocycles. The number of aryl methyl sites for hydroxylation is 1. The number of H-pyrrole nitrogens is 1. The molecule has 0 fully saturated rings. The van der Waals surface area contributed by atoms with Crippen LogP contribution in [-0.4, -0.2) is 26.2 Å². The number of nitrogens with zero attached hydrogens (tertiary/aromatic N) is 3. The fourth-order valence-corrected chi connectivity index (χ4v) is 1.81. The molecule has 1 aromatic heterocycles. The number of hydrogen-bond donors (Lipinski definition) is 2. The normalized spacial score (nSPS) is 10.6. The maximum Gasteiger partial charge on any atom is 0.278 e. The number of hydrogen-bond acceptors (Lipinski definition) is 5. The van der Waals surface area contributed by atoms with Gasteiger partial charge in [-0.3, -0.25) is 19.9 Å². The van der Waals surface area contributed by atoms with E-state index in [1.165, 1.54) is 18.3 Å². The maximum absolute atomic E-state index is 11.3. The van der Waals surface area contributed by atoms with Crippen LogP contribution in [-0.2, 0) is 0 Å². The Labute approximate surface area is 130 Å². The number of benzene rings is 1. The monoisotopic (exact) mass is 317 g/mol. The van der Waals surface area contributed by atoms with Crippen molar-refractivity contribution in [3.63, 3.8) is 0 Å². The van der Waals surface area contributed by atoms with Gasteiger partial charge in [-0.2, -0.15) is 0 Å². The number of thiocarbonyl (C=S) groups is 1. The molecule has 0 aliphatic heterocycles. The molecule has 0 bridgehead atoms. The van der Waals surface area contributed by atoms with Crippen LogP contribution in [0.2, 0.25) is 0 Å². The number of anilines is 1. The lowest BCUT2D eigenvalue weighted by atomic mass is 10.2. The van der Waals surface area contributed by atoms with Crippen molar-refractivity contribution < 1.29 is 4.92 Å². The van der Waals surface area contributed by atoms with E-state index in [-0.39, 0.29) is 22.3 Å². The zero-order chi connectivity index (χ0) is 16.1. The van der Waals surface area contributed by atoms with Gasteiger partial charge in [-0.25, -0.2) is 9.98 Å². The first-order valence-corrected chi connectivity index (χ1v) is 6.53. The molecule has 2 aromatic rings. The van der Waals surface area contributed by atoms with Crippen LogP contribution in [0, 0.1) is 17.0 Å². The number of nitro groups is 1. The molecule has 0 aliphatic rings. The van der Waals surface area contributed by atoms with E-state index < -0.39 is 4.92 Å². The molecular formula is C13H11N5O3S. The predicted octanol–water partition coefficient (Wildman–Crippen LogP) is 1.80. The summed E-state index contributed by atoms with van der Waals surface area (Å²) < 4.78 is 0. The second-order valence-electron chi connectivity index (χ2n) is 4.24. The average molecular weight is 317 g/mol. The van der Waals surface area contributed by atoms with Crippen molar-refractivity contribution in [2.75, 3.05) is 5.32 Å². The van der Waals surface area contributed by atoms with Crippen molar-refractivity contribution in [3.05, 3.63) is 62.1 Å². The lowest BCUT2D eigenvalue weighted by molar-refractivity contribution is -0.385. The molecule has 0 unspecified atom stereocenters. The summed E-state index contributed by atoms with van der Waals surface area (Å²) in [6.45, 7) is 1.67. The van der Waals surface area contributed by atoms with Gasteiger partial charge in [0.2, 0.25) is 5.95 Å². The number of nitro benzene ring substituents is 1. The van der Waals surface area contributed by atoms with E-state index in [4.69, 9.17) is 12.2 Å². The highest BCUT2D eigenvalue weighted by Crippen LogP contribution is 2.15. The fourth-order valence-electron chi connectivity index (χ4n) is 1.66. The Bertz CT molecular complexity index is 815. The van der Waals surface area contributed by atoms with Crippen LogP contribution < -0.4 is 10.9 Å². The number of para-hydroxylation sites is 1. The summed E-state index contributed by atoms with van der Waals surface area (Å²) in [6.07, 6.45) is 1.28. The lowest BCUT2D eigenvalue weighted by Gasteiger charge is -2.03. The van der Waals surface area contributed by atoms with Crippen molar-refractivity contribution in [1.29, 1.82) is 0 Å². The second kappa shape index (κ2) is 6.68. The van der Waals surface area contributed by atoms with Crippen LogP contribution in [0.3, 0.4) is 0 Å². The summed E-state index contributed by atoms with van der Waals surface area (Å²) in [6, 6.07) is 7.48. The van der Waals surface area contributed by atoms with E-state index in [0.29, 0.717) is 11.3 Å². The summed E-state index contributed by atoms with van der Waals surface area (Å²) in [5.74, 6) is 0.162. The van der Waals surface area contributed by atoms with Gasteiger partial charge in [-0.15, -0.1) is 0 Å². The summed E-state index contributed by atoms with van der Waals surface area (Å²) in [7, 11) is 0. The largest absolute Gasteiger partial charge is 0.301 e. The van der Waals surface area contributed by atoms with Crippen LogP contribution in [0.25, 0.3) is 0 Å². The molecule has 1 heterocycles. The van der Waals surface area contributed by atoms with Gasteiger partial charge in [0.1, 0.15) is 0 Å². The summed E-state index contributed by atoms with van der Waals surface area (Å²) >= 11 is 4.99. The van der Waals surface area contributed by atoms with Gasteiger partial charge in [-0.1, -0.05) is 12.1 Å². The zero-order valence-electron chi connectivity index (χ0n) is 11.4. The van der Waals surface area contributed by atoms with Crippen LogP contribution in [0.1, 0.15) is 11.3 Å². The molecule has 0 radical (unpaired) electrons. The minimum Gasteiger partial charge on any atom is -0.301 e. The molecule has 9 heteroatoms. The predicted molar refractivity (Wildman–Crippen MR) is 86.5 cm³/mol. The highest BCUT2D eigenvalue weighted by atomic mass is 32.1. The summed E-state index contributed by atoms with van der Waals surface area (Å²) in [5.41, 5.74) is 0.454. The first-order chi connectivity index (χ1) is 10.5. The van der Waals surface area contributed by atoms with E-state index in [1.54, 1.807) is 25.1 Å². The highest BCUT2D eigenvalue weighted by Gasteiger charge is 2.10. The van der Waals surface area contributed by atoms with Crippen molar-refractivity contribution in [3.8, 4) is 0 Å². The van der Waals surface area contributed by atoms with E-state index in [1.807, 2.05) is 0 Å². The molecule has 2 rings (SSSR count).